The van der Waals surface area contributed by atoms with Crippen LogP contribution in [0.25, 0.3) is 0 Å². The lowest BCUT2D eigenvalue weighted by Gasteiger charge is -2.17. The van der Waals surface area contributed by atoms with Gasteiger partial charge in [-0.15, -0.1) is 0 Å². The molecule has 19 heavy (non-hydrogen) atoms. The lowest BCUT2D eigenvalue weighted by atomic mass is 9.98. The van der Waals surface area contributed by atoms with E-state index in [2.05, 4.69) is 64.3 Å². The van der Waals surface area contributed by atoms with Crippen molar-refractivity contribution in [1.29, 1.82) is 0 Å². The van der Waals surface area contributed by atoms with E-state index in [1.807, 2.05) is 19.3 Å². The van der Waals surface area contributed by atoms with Gasteiger partial charge in [-0.1, -0.05) is 18.2 Å². The summed E-state index contributed by atoms with van der Waals surface area (Å²) in [6, 6.07) is 11.0. The van der Waals surface area contributed by atoms with Crippen molar-refractivity contribution in [3.05, 3.63) is 63.4 Å². The maximum absolute atomic E-state index is 4.44. The number of nitrogens with one attached hydrogen (secondary N) is 1. The van der Waals surface area contributed by atoms with Gasteiger partial charge in [0.05, 0.1) is 0 Å². The summed E-state index contributed by atoms with van der Waals surface area (Å²) in [6.07, 6.45) is 2.74. The summed E-state index contributed by atoms with van der Waals surface area (Å²) in [5.41, 5.74) is 5.08. The predicted molar refractivity (Wildman–Crippen MR) is 83.4 cm³/mol. The Balaban J connectivity index is 2.19. The van der Waals surface area contributed by atoms with Crippen molar-refractivity contribution in [3.63, 3.8) is 0 Å². The van der Waals surface area contributed by atoms with Crippen LogP contribution in [-0.2, 0) is 6.42 Å². The van der Waals surface area contributed by atoms with E-state index in [-0.39, 0.29) is 0 Å². The number of aryl methyl sites for hydroxylation is 2. The van der Waals surface area contributed by atoms with Crippen LogP contribution in [0.5, 0.6) is 0 Å². The molecular weight excluding hydrogens is 300 g/mol. The first-order chi connectivity index (χ1) is 9.10. The summed E-state index contributed by atoms with van der Waals surface area (Å²) < 4.78 is 1.02. The van der Waals surface area contributed by atoms with Crippen LogP contribution in [0.4, 0.5) is 0 Å². The molecule has 0 saturated carbocycles. The maximum Gasteiger partial charge on any atom is 0.0423 e. The van der Waals surface area contributed by atoms with Gasteiger partial charge in [0, 0.05) is 28.8 Å². The monoisotopic (exact) mass is 318 g/mol. The molecule has 2 aromatic rings. The molecule has 1 atom stereocenters. The van der Waals surface area contributed by atoms with Crippen molar-refractivity contribution in [3.8, 4) is 0 Å². The Kier molecular flexibility index (Phi) is 4.72. The van der Waals surface area contributed by atoms with Crippen molar-refractivity contribution < 1.29 is 0 Å². The Bertz CT molecular complexity index is 549. The summed E-state index contributed by atoms with van der Waals surface area (Å²) in [5.74, 6) is 0. The van der Waals surface area contributed by atoms with Gasteiger partial charge in [-0.05, 0) is 65.6 Å². The zero-order valence-corrected chi connectivity index (χ0v) is 13.2. The number of pyridine rings is 1. The third kappa shape index (κ3) is 3.64. The van der Waals surface area contributed by atoms with E-state index in [9.17, 15) is 0 Å². The quantitative estimate of drug-likeness (QED) is 0.922. The van der Waals surface area contributed by atoms with Gasteiger partial charge in [-0.25, -0.2) is 0 Å². The van der Waals surface area contributed by atoms with Crippen LogP contribution in [-0.4, -0.2) is 12.0 Å². The standard InChI is InChI=1S/C16H19BrN2/c1-11-4-5-13(8-12(11)2)16(18-3)9-15-7-6-14(17)10-19-15/h4-8,10,16,18H,9H2,1-3H3. The fourth-order valence-corrected chi connectivity index (χ4v) is 2.34. The van der Waals surface area contributed by atoms with Crippen molar-refractivity contribution in [2.24, 2.45) is 0 Å². The first-order valence-corrected chi connectivity index (χ1v) is 7.24. The number of rotatable bonds is 4. The minimum Gasteiger partial charge on any atom is -0.313 e. The molecule has 3 heteroatoms. The molecule has 0 spiro atoms. The number of halogens is 1. The van der Waals surface area contributed by atoms with Crippen LogP contribution in [0.3, 0.4) is 0 Å². The van der Waals surface area contributed by atoms with Gasteiger partial charge < -0.3 is 5.32 Å². The molecule has 1 unspecified atom stereocenters. The average Bonchev–Trinajstić information content (AvgIpc) is 2.41. The molecule has 1 aromatic heterocycles. The van der Waals surface area contributed by atoms with Crippen molar-refractivity contribution >= 4 is 15.9 Å². The number of benzene rings is 1. The van der Waals surface area contributed by atoms with E-state index >= 15 is 0 Å². The molecule has 2 nitrogen and oxygen atoms in total. The molecule has 2 rings (SSSR count). The second kappa shape index (κ2) is 6.31. The summed E-state index contributed by atoms with van der Waals surface area (Å²) >= 11 is 3.41. The van der Waals surface area contributed by atoms with Crippen LogP contribution in [0.2, 0.25) is 0 Å². The number of aromatic nitrogens is 1. The number of hydrogen-bond acceptors (Lipinski definition) is 2. The van der Waals surface area contributed by atoms with Gasteiger partial charge in [0.25, 0.3) is 0 Å². The molecule has 1 N–H and O–H groups in total. The summed E-state index contributed by atoms with van der Waals surface area (Å²) in [5, 5.41) is 3.38. The third-order valence-electron chi connectivity index (χ3n) is 3.48. The second-order valence-corrected chi connectivity index (χ2v) is 5.77. The SMILES string of the molecule is CNC(Cc1ccc(Br)cn1)c1ccc(C)c(C)c1. The first-order valence-electron chi connectivity index (χ1n) is 6.45. The Labute approximate surface area is 123 Å². The summed E-state index contributed by atoms with van der Waals surface area (Å²) in [6.45, 7) is 4.30. The molecule has 1 aromatic carbocycles. The highest BCUT2D eigenvalue weighted by atomic mass is 79.9. The number of likely N-dealkylation sites (N-methyl/N-ethyl adjacent to an activating group) is 1. The lowest BCUT2D eigenvalue weighted by Crippen LogP contribution is -2.19. The molecule has 0 aliphatic rings. The van der Waals surface area contributed by atoms with E-state index in [1.54, 1.807) is 0 Å². The highest BCUT2D eigenvalue weighted by molar-refractivity contribution is 9.10. The Morgan fingerprint density at radius 1 is 1.16 bits per heavy atom. The van der Waals surface area contributed by atoms with Crippen molar-refractivity contribution in [2.75, 3.05) is 7.05 Å². The van der Waals surface area contributed by atoms with E-state index in [1.165, 1.54) is 16.7 Å². The lowest BCUT2D eigenvalue weighted by molar-refractivity contribution is 0.584. The average molecular weight is 319 g/mol. The Morgan fingerprint density at radius 2 is 1.95 bits per heavy atom. The molecule has 0 saturated heterocycles. The van der Waals surface area contributed by atoms with Crippen LogP contribution < -0.4 is 5.32 Å². The molecule has 0 bridgehead atoms. The normalized spacial score (nSPS) is 12.4. The zero-order valence-electron chi connectivity index (χ0n) is 11.6. The fraction of sp³-hybridized carbons (Fsp3) is 0.312. The smallest absolute Gasteiger partial charge is 0.0423 e. The largest absolute Gasteiger partial charge is 0.313 e. The molecule has 0 radical (unpaired) electrons. The van der Waals surface area contributed by atoms with Gasteiger partial charge in [0.2, 0.25) is 0 Å². The first kappa shape index (κ1) is 14.2. The minimum absolute atomic E-state index is 0.299. The van der Waals surface area contributed by atoms with Gasteiger partial charge in [-0.3, -0.25) is 4.98 Å². The number of nitrogens with zero attached hydrogens (tertiary/aromatic N) is 1. The van der Waals surface area contributed by atoms with Crippen LogP contribution in [0.15, 0.2) is 41.0 Å². The molecule has 0 amide bonds. The van der Waals surface area contributed by atoms with Gasteiger partial charge >= 0.3 is 0 Å². The topological polar surface area (TPSA) is 24.9 Å². The van der Waals surface area contributed by atoms with Gasteiger partial charge in [0.15, 0.2) is 0 Å². The van der Waals surface area contributed by atoms with E-state index in [4.69, 9.17) is 0 Å². The van der Waals surface area contributed by atoms with E-state index in [0.29, 0.717) is 6.04 Å². The molecule has 100 valence electrons. The Hall–Kier alpha value is -1.19. The Morgan fingerprint density at radius 3 is 2.53 bits per heavy atom. The summed E-state index contributed by atoms with van der Waals surface area (Å²) in [7, 11) is 2.00. The fourth-order valence-electron chi connectivity index (χ4n) is 2.10. The molecular formula is C16H19BrN2. The molecule has 0 fully saturated rings. The second-order valence-electron chi connectivity index (χ2n) is 4.86. The molecule has 0 aliphatic heterocycles. The van der Waals surface area contributed by atoms with Crippen molar-refractivity contribution in [2.45, 2.75) is 26.3 Å². The summed E-state index contributed by atoms with van der Waals surface area (Å²) in [4.78, 5) is 4.44. The highest BCUT2D eigenvalue weighted by Crippen LogP contribution is 2.20. The minimum atomic E-state index is 0.299. The van der Waals surface area contributed by atoms with Crippen LogP contribution >= 0.6 is 15.9 Å². The van der Waals surface area contributed by atoms with Crippen LogP contribution in [0.1, 0.15) is 28.4 Å². The van der Waals surface area contributed by atoms with Gasteiger partial charge in [0.1, 0.15) is 0 Å². The highest BCUT2D eigenvalue weighted by Gasteiger charge is 2.11. The van der Waals surface area contributed by atoms with Crippen molar-refractivity contribution in [1.82, 2.24) is 10.3 Å². The maximum atomic E-state index is 4.44. The predicted octanol–water partition coefficient (Wildman–Crippen LogP) is 3.96. The van der Waals surface area contributed by atoms with E-state index in [0.717, 1.165) is 16.6 Å². The number of hydrogen-bond donors (Lipinski definition) is 1. The van der Waals surface area contributed by atoms with E-state index < -0.39 is 0 Å². The molecule has 1 heterocycles. The third-order valence-corrected chi connectivity index (χ3v) is 3.95. The zero-order chi connectivity index (χ0) is 13.8. The van der Waals surface area contributed by atoms with Crippen LogP contribution in [0, 0.1) is 13.8 Å². The van der Waals surface area contributed by atoms with Gasteiger partial charge in [-0.2, -0.15) is 0 Å². The molecule has 0 aliphatic carbocycles.